The average molecular weight is 1580 g/mol. The predicted molar refractivity (Wildman–Crippen MR) is 478 cm³/mol. The van der Waals surface area contributed by atoms with E-state index in [1.165, 1.54) is 43.1 Å². The van der Waals surface area contributed by atoms with Gasteiger partial charge in [0.15, 0.2) is 0 Å². The van der Waals surface area contributed by atoms with E-state index in [0.717, 1.165) is 40.5 Å². The number of hydrogen-bond donors (Lipinski definition) is 0. The predicted octanol–water partition coefficient (Wildman–Crippen LogP) is 25.8. The molecule has 9 aromatic rings. The first-order valence-corrected chi connectivity index (χ1v) is 41.5. The number of amides is 2. The third-order valence-electron chi connectivity index (χ3n) is 19.1. The first kappa shape index (κ1) is 91.4. The molecule has 612 valence electrons. The van der Waals surface area contributed by atoms with Crippen molar-refractivity contribution in [1.82, 2.24) is 20.1 Å². The molecule has 0 saturated carbocycles. The SMILES string of the molecule is CC(C)(C)ON(C(c1ccc(-c2ccccc2)cc1)C(C)(C)C)C(C)(C)C.CC(C)(C)ON(C(c1ccc(C(=O)Oc2ccccc2)cc1)C(C)(C)C)C(C)(C)C.CC(C)(C)ON1C(C)(COc2ccc3ccccc3c2)CCCC1(C)COc1ccc2ccccc2c1.CC(C)(C)SC(=S)CCN1C(=O)c2ccccc2C1=O. The van der Waals surface area contributed by atoms with Crippen molar-refractivity contribution in [2.75, 3.05) is 19.8 Å². The molecular formula is C99H130N4O9S2. The van der Waals surface area contributed by atoms with Crippen molar-refractivity contribution in [3.8, 4) is 28.4 Å². The molecule has 4 unspecified atom stereocenters. The summed E-state index contributed by atoms with van der Waals surface area (Å²) in [6.45, 7) is 57.7. The van der Waals surface area contributed by atoms with Gasteiger partial charge in [0.1, 0.15) is 30.5 Å². The first-order chi connectivity index (χ1) is 52.9. The second kappa shape index (κ2) is 37.5. The number of carbonyl (C=O) groups is 3. The number of nitrogens with zero attached hydrogens (tertiary/aromatic N) is 4. The van der Waals surface area contributed by atoms with Crippen molar-refractivity contribution in [3.63, 3.8) is 0 Å². The number of hydroxylamine groups is 6. The number of thiocarbonyl (C=S) groups is 1. The lowest BCUT2D eigenvalue weighted by Gasteiger charge is -2.55. The van der Waals surface area contributed by atoms with Crippen LogP contribution in [0, 0.1) is 10.8 Å². The van der Waals surface area contributed by atoms with Crippen molar-refractivity contribution in [3.05, 3.63) is 246 Å². The molecule has 1 fully saturated rings. The molecule has 114 heavy (non-hydrogen) atoms. The Morgan fingerprint density at radius 2 is 0.825 bits per heavy atom. The van der Waals surface area contributed by atoms with E-state index in [1.54, 1.807) is 48.2 Å². The van der Waals surface area contributed by atoms with Gasteiger partial charge in [-0.15, -0.1) is 11.8 Å². The van der Waals surface area contributed by atoms with Gasteiger partial charge in [-0.2, -0.15) is 15.2 Å². The number of carbonyl (C=O) groups excluding carboxylic acids is 3. The molecule has 9 aromatic carbocycles. The number of para-hydroxylation sites is 1. The molecule has 0 N–H and O–H groups in total. The summed E-state index contributed by atoms with van der Waals surface area (Å²) in [4.78, 5) is 57.8. The fourth-order valence-electron chi connectivity index (χ4n) is 14.2. The van der Waals surface area contributed by atoms with E-state index in [0.29, 0.717) is 48.6 Å². The van der Waals surface area contributed by atoms with E-state index in [1.807, 2.05) is 42.5 Å². The monoisotopic (exact) mass is 1580 g/mol. The molecule has 11 rings (SSSR count). The Labute approximate surface area is 693 Å². The molecular weight excluding hydrogens is 1450 g/mol. The highest BCUT2D eigenvalue weighted by Gasteiger charge is 2.51. The van der Waals surface area contributed by atoms with E-state index < -0.39 is 0 Å². The highest BCUT2D eigenvalue weighted by molar-refractivity contribution is 8.23. The van der Waals surface area contributed by atoms with Gasteiger partial charge in [0.05, 0.1) is 60.9 Å². The second-order valence-electron chi connectivity index (χ2n) is 38.8. The third kappa shape index (κ3) is 26.5. The zero-order chi connectivity index (χ0) is 84.2. The molecule has 0 radical (unpaired) electrons. The minimum absolute atomic E-state index is 0.00378. The summed E-state index contributed by atoms with van der Waals surface area (Å²) < 4.78 is 19.2. The van der Waals surface area contributed by atoms with Crippen molar-refractivity contribution in [2.24, 2.45) is 10.8 Å². The quantitative estimate of drug-likeness (QED) is 0.0251. The summed E-state index contributed by atoms with van der Waals surface area (Å²) >= 11 is 6.92. The maximum atomic E-state index is 12.5. The Bertz CT molecular complexity index is 4510. The van der Waals surface area contributed by atoms with Crippen LogP contribution in [0.3, 0.4) is 0 Å². The minimum atomic E-state index is -0.362. The first-order valence-electron chi connectivity index (χ1n) is 40.3. The molecule has 15 heteroatoms. The molecule has 2 aliphatic heterocycles. The zero-order valence-corrected chi connectivity index (χ0v) is 74.8. The van der Waals surface area contributed by atoms with Gasteiger partial charge in [-0.05, 0) is 252 Å². The highest BCUT2D eigenvalue weighted by Crippen LogP contribution is 2.47. The van der Waals surface area contributed by atoms with Gasteiger partial charge in [0.25, 0.3) is 11.8 Å². The zero-order valence-electron chi connectivity index (χ0n) is 73.2. The molecule has 4 atom stereocenters. The van der Waals surface area contributed by atoms with Gasteiger partial charge < -0.3 is 14.2 Å². The minimum Gasteiger partial charge on any atom is -0.492 e. The van der Waals surface area contributed by atoms with Crippen LogP contribution >= 0.6 is 24.0 Å². The summed E-state index contributed by atoms with van der Waals surface area (Å²) in [5, 5.41) is 11.3. The smallest absolute Gasteiger partial charge is 0.343 e. The van der Waals surface area contributed by atoms with Gasteiger partial charge in [-0.3, -0.25) is 29.0 Å². The molecule has 2 aliphatic rings. The Hall–Kier alpha value is -8.09. The van der Waals surface area contributed by atoms with Crippen LogP contribution in [0.25, 0.3) is 32.7 Å². The highest BCUT2D eigenvalue weighted by atomic mass is 32.2. The maximum Gasteiger partial charge on any atom is 0.343 e. The molecule has 0 spiro atoms. The molecule has 2 amide bonds. The lowest BCUT2D eigenvalue weighted by Crippen LogP contribution is -2.66. The number of fused-ring (bicyclic) bond motifs is 3. The lowest BCUT2D eigenvalue weighted by molar-refractivity contribution is -0.338. The van der Waals surface area contributed by atoms with Crippen LogP contribution in [0.5, 0.6) is 17.2 Å². The van der Waals surface area contributed by atoms with Crippen LogP contribution in [0.1, 0.15) is 260 Å². The average Bonchev–Trinajstić information content (AvgIpc) is 0.890. The Kier molecular flexibility index (Phi) is 30.0. The van der Waals surface area contributed by atoms with E-state index in [2.05, 4.69) is 335 Å². The number of esters is 1. The van der Waals surface area contributed by atoms with Crippen LogP contribution in [0.4, 0.5) is 0 Å². The lowest BCUT2D eigenvalue weighted by atomic mass is 9.80. The Morgan fingerprint density at radius 1 is 0.447 bits per heavy atom. The summed E-state index contributed by atoms with van der Waals surface area (Å²) in [5.74, 6) is 1.52. The molecule has 2 heterocycles. The summed E-state index contributed by atoms with van der Waals surface area (Å²) in [6, 6.07) is 72.7. The van der Waals surface area contributed by atoms with Crippen LogP contribution in [0.15, 0.2) is 218 Å². The van der Waals surface area contributed by atoms with Gasteiger partial charge in [0.2, 0.25) is 0 Å². The molecule has 0 bridgehead atoms. The van der Waals surface area contributed by atoms with Crippen molar-refractivity contribution < 1.29 is 43.1 Å². The van der Waals surface area contributed by atoms with Gasteiger partial charge in [0, 0.05) is 28.8 Å². The summed E-state index contributed by atoms with van der Waals surface area (Å²) in [6.07, 6.45) is 3.62. The fraction of sp³-hybridized carbons (Fsp3) is 0.455. The number of benzene rings is 9. The number of piperidine rings is 1. The molecule has 0 aliphatic carbocycles. The Morgan fingerprint density at radius 3 is 1.21 bits per heavy atom. The number of hydrogen-bond acceptors (Lipinski definition) is 14. The van der Waals surface area contributed by atoms with Gasteiger partial charge in [-0.25, -0.2) is 4.79 Å². The number of imide groups is 1. The fourth-order valence-corrected chi connectivity index (χ4v) is 15.9. The molecule has 1 saturated heterocycles. The van der Waals surface area contributed by atoms with Crippen LogP contribution in [-0.4, -0.2) is 106 Å². The Balaban J connectivity index is 0.000000195. The normalized spacial score (nSPS) is 17.1. The van der Waals surface area contributed by atoms with E-state index in [4.69, 9.17) is 40.9 Å². The topological polar surface area (TPSA) is 120 Å². The van der Waals surface area contributed by atoms with Crippen LogP contribution in [-0.2, 0) is 14.5 Å². The second-order valence-corrected chi connectivity index (χ2v) is 41.5. The molecule has 0 aromatic heterocycles. The van der Waals surface area contributed by atoms with Crippen LogP contribution < -0.4 is 14.2 Å². The van der Waals surface area contributed by atoms with Crippen LogP contribution in [0.2, 0.25) is 0 Å². The van der Waals surface area contributed by atoms with Crippen molar-refractivity contribution >= 4 is 67.5 Å². The summed E-state index contributed by atoms with van der Waals surface area (Å²) in [5.41, 5.74) is 4.44. The number of ether oxygens (including phenoxy) is 3. The largest absolute Gasteiger partial charge is 0.492 e. The number of thioether (sulfide) groups is 1. The van der Waals surface area contributed by atoms with E-state index in [-0.39, 0.29) is 84.4 Å². The maximum absolute atomic E-state index is 12.5. The van der Waals surface area contributed by atoms with Gasteiger partial charge in [-0.1, -0.05) is 232 Å². The van der Waals surface area contributed by atoms with Crippen molar-refractivity contribution in [1.29, 1.82) is 0 Å². The number of rotatable bonds is 19. The van der Waals surface area contributed by atoms with Gasteiger partial charge >= 0.3 is 5.97 Å². The van der Waals surface area contributed by atoms with E-state index >= 15 is 0 Å². The van der Waals surface area contributed by atoms with Crippen molar-refractivity contribution in [2.45, 2.75) is 261 Å². The van der Waals surface area contributed by atoms with E-state index in [9.17, 15) is 14.4 Å². The standard InChI is InChI=1S/C33H39NO3.C26H37NO3.C25H37NO.C15H17NO2S2/c1-31(2,3)37-34-32(4,23-35-29-17-15-25-11-6-8-13-27(25)21-29)19-10-20-33(34,5)24-36-30-18-16-26-12-7-9-14-28(26)22-30;1-24(2,3)22(27(25(4,5)6)30-26(7,8)9)19-15-17-20(18-16-19)23(28)29-21-13-11-10-12-14-21;1-23(2,3)22(26(24(4,5)6)27-25(7,8)9)21-17-15-20(16-18-21)19-13-11-10-12-14-19;1-15(2,3)20-12(19)8-9-16-13(17)10-6-4-5-7-11(10)14(16)18/h6-9,11-18,21-22H,10,19-20,23-24H2,1-5H3;10-18,22H,1-9H3;10-18,22H,1-9H3;4-7H,8-9H2,1-3H3. The summed E-state index contributed by atoms with van der Waals surface area (Å²) in [7, 11) is 0. The third-order valence-corrected chi connectivity index (χ3v) is 20.6. The molecule has 13 nitrogen and oxygen atoms in total.